The number of benzene rings is 2. The molecule has 10 heteroatoms. The van der Waals surface area contributed by atoms with Gasteiger partial charge in [-0.05, 0) is 73.5 Å². The van der Waals surface area contributed by atoms with E-state index in [1.165, 1.54) is 54.8 Å². The van der Waals surface area contributed by atoms with Crippen LogP contribution in [0.25, 0.3) is 11.0 Å². The highest BCUT2D eigenvalue weighted by atomic mass is 32.2. The number of ether oxygens (including phenoxy) is 2. The Labute approximate surface area is 310 Å². The SMILES string of the molecule is CSCN(C(=O)OCc1ccccc1)[C@@H](CO[Si](C)(C)C(C)(C)C)C(=O)/C=C/CCCCCCCCCCCOc1ccc2ccc(=O)oc2c1. The standard InChI is InChI=1S/C41H59NO7SSi/c1-41(2,3)51(5,6)48-31-36(42(32-50-4)40(45)47-30-33-21-17-16-18-22-33)37(43)23-19-14-12-10-8-7-9-11-13-15-20-28-46-35-26-24-34-25-27-39(44)49-38(34)29-35/h16-19,21-27,29,36H,7-15,20,28,30-32H2,1-6H3/b23-19+/t36-/m0/s1. The molecule has 1 amide bonds. The van der Waals surface area contributed by atoms with Crippen LogP contribution in [0.2, 0.25) is 18.1 Å². The molecule has 0 aliphatic heterocycles. The summed E-state index contributed by atoms with van der Waals surface area (Å²) < 4.78 is 23.2. The van der Waals surface area contributed by atoms with E-state index in [0.29, 0.717) is 18.1 Å². The van der Waals surface area contributed by atoms with Gasteiger partial charge in [-0.3, -0.25) is 9.69 Å². The van der Waals surface area contributed by atoms with Crippen LogP contribution in [0.4, 0.5) is 4.79 Å². The van der Waals surface area contributed by atoms with Crippen LogP contribution in [0.3, 0.4) is 0 Å². The van der Waals surface area contributed by atoms with Gasteiger partial charge < -0.3 is 18.3 Å². The van der Waals surface area contributed by atoms with Crippen LogP contribution in [-0.4, -0.2) is 56.5 Å². The molecule has 0 fully saturated rings. The van der Waals surface area contributed by atoms with Crippen molar-refractivity contribution in [3.05, 3.63) is 88.8 Å². The number of carbonyl (C=O) groups is 2. The van der Waals surface area contributed by atoms with E-state index in [1.807, 2.05) is 54.8 Å². The second kappa shape index (κ2) is 21.9. The molecule has 0 aliphatic carbocycles. The van der Waals surface area contributed by atoms with Gasteiger partial charge in [-0.1, -0.05) is 102 Å². The van der Waals surface area contributed by atoms with Crippen molar-refractivity contribution in [3.63, 3.8) is 0 Å². The van der Waals surface area contributed by atoms with Gasteiger partial charge in [0.1, 0.15) is 24.0 Å². The minimum atomic E-state index is -2.16. The molecule has 1 aromatic heterocycles. The molecule has 0 N–H and O–H groups in total. The largest absolute Gasteiger partial charge is 0.493 e. The number of rotatable bonds is 23. The molecule has 51 heavy (non-hydrogen) atoms. The molecule has 0 saturated carbocycles. The average Bonchev–Trinajstić information content (AvgIpc) is 3.10. The summed E-state index contributed by atoms with van der Waals surface area (Å²) in [5.74, 6) is 0.929. The molecule has 0 aliphatic rings. The first kappa shape index (κ1) is 42.1. The summed E-state index contributed by atoms with van der Waals surface area (Å²) in [6.45, 7) is 11.8. The molecule has 280 valence electrons. The van der Waals surface area contributed by atoms with Crippen molar-refractivity contribution in [1.29, 1.82) is 0 Å². The molecule has 0 saturated heterocycles. The van der Waals surface area contributed by atoms with Crippen molar-refractivity contribution in [2.45, 2.75) is 116 Å². The van der Waals surface area contributed by atoms with Crippen LogP contribution in [-0.2, 0) is 20.6 Å². The molecule has 0 spiro atoms. The van der Waals surface area contributed by atoms with Crippen molar-refractivity contribution < 1.29 is 27.9 Å². The number of hydrogen-bond acceptors (Lipinski definition) is 8. The maximum absolute atomic E-state index is 13.6. The third kappa shape index (κ3) is 15.0. The summed E-state index contributed by atoms with van der Waals surface area (Å²) in [7, 11) is -2.16. The average molecular weight is 738 g/mol. The Morgan fingerprint density at radius 2 is 1.55 bits per heavy atom. The first-order chi connectivity index (χ1) is 24.4. The number of carbonyl (C=O) groups excluding carboxylic acids is 2. The van der Waals surface area contributed by atoms with E-state index in [1.54, 1.807) is 18.2 Å². The maximum Gasteiger partial charge on any atom is 0.411 e. The normalized spacial score (nSPS) is 12.7. The Kier molecular flexibility index (Phi) is 18.1. The zero-order valence-electron chi connectivity index (χ0n) is 31.6. The van der Waals surface area contributed by atoms with E-state index < -0.39 is 20.5 Å². The Bertz CT molecular complexity index is 1570. The van der Waals surface area contributed by atoms with Crippen molar-refractivity contribution in [1.82, 2.24) is 4.90 Å². The Morgan fingerprint density at radius 3 is 2.22 bits per heavy atom. The molecular weight excluding hydrogens is 679 g/mol. The summed E-state index contributed by atoms with van der Waals surface area (Å²) in [4.78, 5) is 39.9. The summed E-state index contributed by atoms with van der Waals surface area (Å²) in [5, 5.41) is 0.861. The molecule has 0 unspecified atom stereocenters. The highest BCUT2D eigenvalue weighted by Crippen LogP contribution is 2.37. The van der Waals surface area contributed by atoms with Crippen molar-refractivity contribution in [2.75, 3.05) is 25.3 Å². The molecular formula is C41H59NO7SSi. The van der Waals surface area contributed by atoms with Gasteiger partial charge in [-0.2, -0.15) is 0 Å². The molecule has 2 aromatic carbocycles. The van der Waals surface area contributed by atoms with Crippen LogP contribution in [0.15, 0.2) is 82.0 Å². The van der Waals surface area contributed by atoms with Crippen LogP contribution in [0.5, 0.6) is 5.75 Å². The predicted molar refractivity (Wildman–Crippen MR) is 212 cm³/mol. The van der Waals surface area contributed by atoms with E-state index in [0.717, 1.165) is 48.8 Å². The lowest BCUT2D eigenvalue weighted by Gasteiger charge is -2.38. The third-order valence-corrected chi connectivity index (χ3v) is 14.5. The van der Waals surface area contributed by atoms with Gasteiger partial charge in [0.05, 0.1) is 19.1 Å². The summed E-state index contributed by atoms with van der Waals surface area (Å²) in [6.07, 6.45) is 16.1. The Balaban J connectivity index is 1.35. The van der Waals surface area contributed by atoms with Crippen molar-refractivity contribution in [3.8, 4) is 5.75 Å². The van der Waals surface area contributed by atoms with Gasteiger partial charge in [-0.25, -0.2) is 9.59 Å². The van der Waals surface area contributed by atoms with Crippen LogP contribution >= 0.6 is 11.8 Å². The molecule has 3 rings (SSSR count). The smallest absolute Gasteiger partial charge is 0.411 e. The first-order valence-corrected chi connectivity index (χ1v) is 22.7. The zero-order chi connectivity index (χ0) is 37.1. The van der Waals surface area contributed by atoms with E-state index in [9.17, 15) is 14.4 Å². The second-order valence-corrected chi connectivity index (χ2v) is 20.2. The minimum Gasteiger partial charge on any atom is -0.493 e. The quantitative estimate of drug-likeness (QED) is 0.0312. The molecule has 1 atom stereocenters. The highest BCUT2D eigenvalue weighted by molar-refractivity contribution is 7.98. The Hall–Kier alpha value is -3.34. The predicted octanol–water partition coefficient (Wildman–Crippen LogP) is 10.5. The summed E-state index contributed by atoms with van der Waals surface area (Å²) in [6, 6.07) is 17.6. The van der Waals surface area contributed by atoms with E-state index in [4.69, 9.17) is 18.3 Å². The molecule has 1 heterocycles. The van der Waals surface area contributed by atoms with E-state index in [-0.39, 0.29) is 29.7 Å². The number of ketones is 1. The third-order valence-electron chi connectivity index (χ3n) is 9.48. The van der Waals surface area contributed by atoms with Gasteiger partial charge in [-0.15, -0.1) is 11.8 Å². The number of fused-ring (bicyclic) bond motifs is 1. The van der Waals surface area contributed by atoms with Gasteiger partial charge in [0.2, 0.25) is 0 Å². The molecule has 8 nitrogen and oxygen atoms in total. The van der Waals surface area contributed by atoms with Crippen LogP contribution in [0, 0.1) is 0 Å². The zero-order valence-corrected chi connectivity index (χ0v) is 33.4. The second-order valence-electron chi connectivity index (χ2n) is 14.6. The topological polar surface area (TPSA) is 95.3 Å². The number of allylic oxidation sites excluding steroid dienone is 1. The number of amides is 1. The fourth-order valence-corrected chi connectivity index (χ4v) is 6.84. The van der Waals surface area contributed by atoms with Gasteiger partial charge in [0, 0.05) is 17.5 Å². The molecule has 3 aromatic rings. The first-order valence-electron chi connectivity index (χ1n) is 18.4. The van der Waals surface area contributed by atoms with Crippen LogP contribution in [0.1, 0.15) is 90.5 Å². The van der Waals surface area contributed by atoms with Gasteiger partial charge >= 0.3 is 11.7 Å². The summed E-state index contributed by atoms with van der Waals surface area (Å²) >= 11 is 1.48. The lowest BCUT2D eigenvalue weighted by molar-refractivity contribution is -0.120. The van der Waals surface area contributed by atoms with Crippen LogP contribution < -0.4 is 10.4 Å². The molecule has 0 radical (unpaired) electrons. The van der Waals surface area contributed by atoms with Gasteiger partial charge in [0.15, 0.2) is 14.1 Å². The number of unbranched alkanes of at least 4 members (excludes halogenated alkanes) is 9. The number of thioether (sulfide) groups is 1. The van der Waals surface area contributed by atoms with Crippen molar-refractivity contribution >= 4 is 42.9 Å². The monoisotopic (exact) mass is 737 g/mol. The maximum atomic E-state index is 13.6. The fraction of sp³-hybridized carbons (Fsp3) is 0.537. The lowest BCUT2D eigenvalue weighted by Crippen LogP contribution is -2.51. The van der Waals surface area contributed by atoms with E-state index >= 15 is 0 Å². The lowest BCUT2D eigenvalue weighted by atomic mass is 10.1. The highest BCUT2D eigenvalue weighted by Gasteiger charge is 2.39. The molecule has 0 bridgehead atoms. The fourth-order valence-electron chi connectivity index (χ4n) is 5.27. The summed E-state index contributed by atoms with van der Waals surface area (Å²) in [5.41, 5.74) is 1.09. The minimum absolute atomic E-state index is 0.0220. The van der Waals surface area contributed by atoms with Crippen molar-refractivity contribution in [2.24, 2.45) is 0 Å². The number of hydrogen-bond donors (Lipinski definition) is 0. The number of nitrogens with zero attached hydrogens (tertiary/aromatic N) is 1. The van der Waals surface area contributed by atoms with Gasteiger partial charge in [0.25, 0.3) is 0 Å². The van der Waals surface area contributed by atoms with E-state index in [2.05, 4.69) is 33.9 Å². The Morgan fingerprint density at radius 1 is 0.902 bits per heavy atom.